The first-order valence-electron chi connectivity index (χ1n) is 8.40. The van der Waals surface area contributed by atoms with Crippen LogP contribution in [0.4, 0.5) is 0 Å². The van der Waals surface area contributed by atoms with E-state index in [9.17, 15) is 0 Å². The Morgan fingerprint density at radius 2 is 2.04 bits per heavy atom. The summed E-state index contributed by atoms with van der Waals surface area (Å²) in [5.41, 5.74) is 1.09. The summed E-state index contributed by atoms with van der Waals surface area (Å²) in [6, 6.07) is 14.1. The molecule has 0 aliphatic carbocycles. The summed E-state index contributed by atoms with van der Waals surface area (Å²) in [7, 11) is 3.87. The third-order valence-electron chi connectivity index (χ3n) is 4.27. The Labute approximate surface area is 166 Å². The Balaban J connectivity index is 0.00000225. The summed E-state index contributed by atoms with van der Waals surface area (Å²) in [6.07, 6.45) is 1.12. The fraction of sp³-hybridized carbons (Fsp3) is 0.421. The Bertz CT molecular complexity index is 666. The SMILES string of the molecule is CN=C(NCc1ccc(-c2ccccc2)o1)N(C)CC1CCOC1.I. The molecule has 0 spiro atoms. The van der Waals surface area contributed by atoms with Crippen molar-refractivity contribution in [3.8, 4) is 11.3 Å². The summed E-state index contributed by atoms with van der Waals surface area (Å²) in [6.45, 7) is 3.29. The minimum atomic E-state index is 0. The van der Waals surface area contributed by atoms with Crippen molar-refractivity contribution in [3.63, 3.8) is 0 Å². The zero-order valence-electron chi connectivity index (χ0n) is 14.8. The van der Waals surface area contributed by atoms with Gasteiger partial charge in [0.1, 0.15) is 11.5 Å². The normalized spacial score (nSPS) is 17.2. The Morgan fingerprint density at radius 1 is 1.24 bits per heavy atom. The summed E-state index contributed by atoms with van der Waals surface area (Å²) in [5.74, 6) is 3.24. The van der Waals surface area contributed by atoms with Gasteiger partial charge in [0, 0.05) is 38.7 Å². The van der Waals surface area contributed by atoms with E-state index in [0.717, 1.165) is 49.2 Å². The summed E-state index contributed by atoms with van der Waals surface area (Å²) < 4.78 is 11.4. The van der Waals surface area contributed by atoms with E-state index in [1.165, 1.54) is 0 Å². The lowest BCUT2D eigenvalue weighted by Gasteiger charge is -2.24. The minimum Gasteiger partial charge on any atom is -0.459 e. The molecule has 0 amide bonds. The molecule has 136 valence electrons. The number of nitrogens with one attached hydrogen (secondary N) is 1. The maximum Gasteiger partial charge on any atom is 0.193 e. The standard InChI is InChI=1S/C19H25N3O2.HI/c1-20-19(22(2)13-15-10-11-23-14-15)21-12-17-8-9-18(24-17)16-6-4-3-5-7-16;/h3-9,15H,10-14H2,1-2H3,(H,20,21);1H. The molecule has 3 rings (SSSR count). The molecule has 1 fully saturated rings. The van der Waals surface area contributed by atoms with Gasteiger partial charge in [-0.1, -0.05) is 30.3 Å². The van der Waals surface area contributed by atoms with Crippen LogP contribution in [0.25, 0.3) is 11.3 Å². The highest BCUT2D eigenvalue weighted by Gasteiger charge is 2.19. The molecule has 5 nitrogen and oxygen atoms in total. The number of ether oxygens (including phenoxy) is 1. The minimum absolute atomic E-state index is 0. The molecular formula is C19H26IN3O2. The van der Waals surface area contributed by atoms with Crippen LogP contribution in [0, 0.1) is 5.92 Å². The molecule has 0 radical (unpaired) electrons. The van der Waals surface area contributed by atoms with Gasteiger partial charge >= 0.3 is 0 Å². The van der Waals surface area contributed by atoms with E-state index in [1.807, 2.05) is 49.5 Å². The first kappa shape index (κ1) is 19.8. The number of furan rings is 1. The molecule has 1 aliphatic heterocycles. The van der Waals surface area contributed by atoms with Crippen LogP contribution in [-0.2, 0) is 11.3 Å². The van der Waals surface area contributed by atoms with Crippen molar-refractivity contribution >= 4 is 29.9 Å². The van der Waals surface area contributed by atoms with Crippen molar-refractivity contribution in [2.24, 2.45) is 10.9 Å². The lowest BCUT2D eigenvalue weighted by Crippen LogP contribution is -2.41. The summed E-state index contributed by atoms with van der Waals surface area (Å²) >= 11 is 0. The maximum atomic E-state index is 5.92. The van der Waals surface area contributed by atoms with Crippen molar-refractivity contribution < 1.29 is 9.15 Å². The van der Waals surface area contributed by atoms with Crippen molar-refractivity contribution in [3.05, 3.63) is 48.2 Å². The summed E-state index contributed by atoms with van der Waals surface area (Å²) in [5, 5.41) is 3.37. The molecule has 1 atom stereocenters. The van der Waals surface area contributed by atoms with Gasteiger partial charge in [-0.2, -0.15) is 0 Å². The van der Waals surface area contributed by atoms with E-state index in [0.29, 0.717) is 12.5 Å². The number of benzene rings is 1. The van der Waals surface area contributed by atoms with Crippen molar-refractivity contribution in [2.75, 3.05) is 33.9 Å². The second kappa shape index (κ2) is 9.82. The molecule has 2 aromatic rings. The van der Waals surface area contributed by atoms with Gasteiger partial charge in [0.25, 0.3) is 0 Å². The number of aliphatic imine (C=N–C) groups is 1. The highest BCUT2D eigenvalue weighted by atomic mass is 127. The second-order valence-corrected chi connectivity index (χ2v) is 6.14. The number of rotatable bonds is 5. The first-order chi connectivity index (χ1) is 11.8. The van der Waals surface area contributed by atoms with E-state index in [1.54, 1.807) is 0 Å². The maximum absolute atomic E-state index is 5.92. The van der Waals surface area contributed by atoms with Gasteiger partial charge in [-0.3, -0.25) is 4.99 Å². The Morgan fingerprint density at radius 3 is 2.72 bits per heavy atom. The van der Waals surface area contributed by atoms with Crippen LogP contribution in [0.2, 0.25) is 0 Å². The molecule has 2 heterocycles. The zero-order chi connectivity index (χ0) is 16.8. The Kier molecular flexibility index (Phi) is 7.77. The predicted octanol–water partition coefficient (Wildman–Crippen LogP) is 3.61. The average molecular weight is 455 g/mol. The molecule has 1 saturated heterocycles. The van der Waals surface area contributed by atoms with Crippen LogP contribution in [0.15, 0.2) is 51.9 Å². The van der Waals surface area contributed by atoms with Crippen molar-refractivity contribution in [1.82, 2.24) is 10.2 Å². The Hall–Kier alpha value is -1.54. The molecule has 1 aromatic carbocycles. The monoisotopic (exact) mass is 455 g/mol. The van der Waals surface area contributed by atoms with E-state index in [2.05, 4.69) is 22.3 Å². The average Bonchev–Trinajstić information content (AvgIpc) is 3.28. The molecule has 6 heteroatoms. The number of halogens is 1. The number of hydrogen-bond donors (Lipinski definition) is 1. The van der Waals surface area contributed by atoms with Gasteiger partial charge in [0.2, 0.25) is 0 Å². The molecule has 0 bridgehead atoms. The van der Waals surface area contributed by atoms with Gasteiger partial charge in [0.15, 0.2) is 5.96 Å². The van der Waals surface area contributed by atoms with E-state index < -0.39 is 0 Å². The molecular weight excluding hydrogens is 429 g/mol. The third-order valence-corrected chi connectivity index (χ3v) is 4.27. The number of hydrogen-bond acceptors (Lipinski definition) is 3. The predicted molar refractivity (Wildman–Crippen MR) is 111 cm³/mol. The number of guanidine groups is 1. The van der Waals surface area contributed by atoms with Crippen LogP contribution in [0.1, 0.15) is 12.2 Å². The molecule has 25 heavy (non-hydrogen) atoms. The molecule has 1 unspecified atom stereocenters. The van der Waals surface area contributed by atoms with E-state index in [-0.39, 0.29) is 24.0 Å². The van der Waals surface area contributed by atoms with Gasteiger partial charge in [0.05, 0.1) is 13.2 Å². The zero-order valence-corrected chi connectivity index (χ0v) is 17.1. The van der Waals surface area contributed by atoms with Crippen LogP contribution in [0.3, 0.4) is 0 Å². The smallest absolute Gasteiger partial charge is 0.193 e. The molecule has 0 saturated carbocycles. The van der Waals surface area contributed by atoms with Crippen molar-refractivity contribution in [2.45, 2.75) is 13.0 Å². The van der Waals surface area contributed by atoms with Gasteiger partial charge in [-0.05, 0) is 18.6 Å². The van der Waals surface area contributed by atoms with Gasteiger partial charge in [-0.25, -0.2) is 0 Å². The molecule has 1 N–H and O–H groups in total. The van der Waals surface area contributed by atoms with Gasteiger partial charge < -0.3 is 19.4 Å². The fourth-order valence-corrected chi connectivity index (χ4v) is 2.98. The molecule has 1 aliphatic rings. The number of nitrogens with zero attached hydrogens (tertiary/aromatic N) is 2. The van der Waals surface area contributed by atoms with Gasteiger partial charge in [-0.15, -0.1) is 24.0 Å². The lowest BCUT2D eigenvalue weighted by atomic mass is 10.1. The molecule has 1 aromatic heterocycles. The fourth-order valence-electron chi connectivity index (χ4n) is 2.98. The van der Waals surface area contributed by atoms with Crippen LogP contribution >= 0.6 is 24.0 Å². The second-order valence-electron chi connectivity index (χ2n) is 6.14. The van der Waals surface area contributed by atoms with Crippen molar-refractivity contribution in [1.29, 1.82) is 0 Å². The highest BCUT2D eigenvalue weighted by Crippen LogP contribution is 2.21. The van der Waals surface area contributed by atoms with Crippen LogP contribution < -0.4 is 5.32 Å². The quantitative estimate of drug-likeness (QED) is 0.425. The van der Waals surface area contributed by atoms with Crippen LogP contribution in [-0.4, -0.2) is 44.7 Å². The third kappa shape index (κ3) is 5.47. The van der Waals surface area contributed by atoms with E-state index in [4.69, 9.17) is 9.15 Å². The topological polar surface area (TPSA) is 50.0 Å². The first-order valence-corrected chi connectivity index (χ1v) is 8.40. The van der Waals surface area contributed by atoms with Crippen LogP contribution in [0.5, 0.6) is 0 Å². The van der Waals surface area contributed by atoms with E-state index >= 15 is 0 Å². The lowest BCUT2D eigenvalue weighted by molar-refractivity contribution is 0.181. The summed E-state index contributed by atoms with van der Waals surface area (Å²) in [4.78, 5) is 6.51. The highest BCUT2D eigenvalue weighted by molar-refractivity contribution is 14.0. The largest absolute Gasteiger partial charge is 0.459 e.